The summed E-state index contributed by atoms with van der Waals surface area (Å²) in [6, 6.07) is 35.7. The van der Waals surface area contributed by atoms with Crippen LogP contribution in [-0.2, 0) is 42.7 Å². The third-order valence-corrected chi connectivity index (χ3v) is 7.63. The van der Waals surface area contributed by atoms with E-state index in [1.807, 2.05) is 0 Å². The summed E-state index contributed by atoms with van der Waals surface area (Å²) in [6.07, 6.45) is 0. The van der Waals surface area contributed by atoms with E-state index in [1.54, 1.807) is 0 Å². The van der Waals surface area contributed by atoms with E-state index in [-0.39, 0.29) is 42.7 Å². The summed E-state index contributed by atoms with van der Waals surface area (Å²) >= 11 is 0. The van der Waals surface area contributed by atoms with Crippen molar-refractivity contribution in [3.63, 3.8) is 0 Å². The van der Waals surface area contributed by atoms with Gasteiger partial charge >= 0.3 is 0 Å². The normalized spacial score (nSPS) is 12.2. The van der Waals surface area contributed by atoms with Gasteiger partial charge in [-0.2, -0.15) is 0 Å². The zero-order valence-electron chi connectivity index (χ0n) is 27.6. The molecule has 41 heavy (non-hydrogen) atoms. The van der Waals surface area contributed by atoms with E-state index in [2.05, 4.69) is 180 Å². The summed E-state index contributed by atoms with van der Waals surface area (Å²) in [6.45, 7) is 27.1. The van der Waals surface area contributed by atoms with Crippen LogP contribution >= 0.6 is 0 Å². The van der Waals surface area contributed by atoms with Crippen molar-refractivity contribution >= 4 is 0 Å². The Bertz CT molecular complexity index is 1270. The largest absolute Gasteiger partial charge is 0.0614 e. The Kier molecular flexibility index (Phi) is 11.2. The van der Waals surface area contributed by atoms with Crippen molar-refractivity contribution in [3.8, 4) is 22.3 Å². The summed E-state index contributed by atoms with van der Waals surface area (Å²) in [5, 5.41) is 0. The van der Waals surface area contributed by atoms with Gasteiger partial charge in [-0.15, -0.1) is 0 Å². The Labute approximate surface area is 266 Å². The van der Waals surface area contributed by atoms with Gasteiger partial charge in [0, 0.05) is 21.1 Å². The second kappa shape index (κ2) is 13.3. The van der Waals surface area contributed by atoms with Crippen LogP contribution in [0.2, 0.25) is 0 Å². The Morgan fingerprint density at radius 1 is 0.293 bits per heavy atom. The van der Waals surface area contributed by atoms with Crippen LogP contribution in [0.5, 0.6) is 0 Å². The molecule has 0 aliphatic heterocycles. The fraction of sp³-hybridized carbons (Fsp3) is 0.400. The van der Waals surface area contributed by atoms with Crippen LogP contribution in [0.15, 0.2) is 97.1 Å². The molecule has 0 aromatic heterocycles. The van der Waals surface area contributed by atoms with E-state index in [0.29, 0.717) is 0 Å². The second-order valence-corrected chi connectivity index (χ2v) is 15.3. The van der Waals surface area contributed by atoms with Gasteiger partial charge in [-0.3, -0.25) is 0 Å². The number of hydrogen-bond acceptors (Lipinski definition) is 0. The minimum Gasteiger partial charge on any atom is -0.0614 e. The average Bonchev–Trinajstić information content (AvgIpc) is 2.87. The summed E-state index contributed by atoms with van der Waals surface area (Å²) in [4.78, 5) is 0. The molecule has 0 aliphatic carbocycles. The first-order valence-corrected chi connectivity index (χ1v) is 14.8. The molecule has 0 bridgehead atoms. The maximum atomic E-state index is 2.32. The molecular formula is C40H52W. The molecule has 1 heteroatoms. The minimum atomic E-state index is 0. The van der Waals surface area contributed by atoms with E-state index >= 15 is 0 Å². The molecule has 0 fully saturated rings. The van der Waals surface area contributed by atoms with E-state index < -0.39 is 0 Å². The fourth-order valence-corrected chi connectivity index (χ4v) is 4.66. The SMILES string of the molecule is CC(C)(C)c1ccc(-c2ccc(C(C)(C)C)cc2)cc1.CC(C)(C)c1cccc(-c2cccc(C(C)(C)C)c2)c1.[W]. The monoisotopic (exact) mass is 716 g/mol. The van der Waals surface area contributed by atoms with Crippen molar-refractivity contribution < 1.29 is 21.1 Å². The summed E-state index contributed by atoms with van der Waals surface area (Å²) < 4.78 is 0. The van der Waals surface area contributed by atoms with Crippen LogP contribution in [0, 0.1) is 0 Å². The molecule has 0 saturated heterocycles. The maximum absolute atomic E-state index is 2.32. The molecule has 4 rings (SSSR count). The average molecular weight is 717 g/mol. The third kappa shape index (κ3) is 9.82. The predicted octanol–water partition coefficient (Wildman–Crippen LogP) is 11.9. The summed E-state index contributed by atoms with van der Waals surface area (Å²) in [5.41, 5.74) is 11.6. The summed E-state index contributed by atoms with van der Waals surface area (Å²) in [5.74, 6) is 0. The van der Waals surface area contributed by atoms with E-state index in [1.165, 1.54) is 44.5 Å². The first-order valence-electron chi connectivity index (χ1n) is 14.8. The topological polar surface area (TPSA) is 0 Å². The Morgan fingerprint density at radius 2 is 0.561 bits per heavy atom. The molecule has 0 unspecified atom stereocenters. The van der Waals surface area contributed by atoms with Crippen molar-refractivity contribution in [1.82, 2.24) is 0 Å². The smallest absolute Gasteiger partial charge is 0 e. The first-order chi connectivity index (χ1) is 18.4. The van der Waals surface area contributed by atoms with Gasteiger partial charge in [-0.25, -0.2) is 0 Å². The van der Waals surface area contributed by atoms with Gasteiger partial charge in [0.25, 0.3) is 0 Å². The van der Waals surface area contributed by atoms with Gasteiger partial charge in [-0.1, -0.05) is 180 Å². The van der Waals surface area contributed by atoms with Crippen molar-refractivity contribution in [2.24, 2.45) is 0 Å². The Morgan fingerprint density at radius 3 is 0.805 bits per heavy atom. The quantitative estimate of drug-likeness (QED) is 0.194. The molecule has 0 amide bonds. The molecule has 0 spiro atoms. The molecular weight excluding hydrogens is 664 g/mol. The van der Waals surface area contributed by atoms with E-state index in [9.17, 15) is 0 Å². The molecule has 0 heterocycles. The second-order valence-electron chi connectivity index (χ2n) is 15.3. The van der Waals surface area contributed by atoms with Gasteiger partial charge in [0.05, 0.1) is 0 Å². The van der Waals surface area contributed by atoms with Crippen LogP contribution in [0.1, 0.15) is 105 Å². The number of rotatable bonds is 2. The maximum Gasteiger partial charge on any atom is 0 e. The fourth-order valence-electron chi connectivity index (χ4n) is 4.66. The van der Waals surface area contributed by atoms with Crippen LogP contribution in [0.4, 0.5) is 0 Å². The van der Waals surface area contributed by atoms with Gasteiger partial charge < -0.3 is 0 Å². The molecule has 0 nitrogen and oxygen atoms in total. The van der Waals surface area contributed by atoms with Crippen molar-refractivity contribution in [2.45, 2.75) is 105 Å². The zero-order valence-corrected chi connectivity index (χ0v) is 30.6. The Hall–Kier alpha value is -2.43. The molecule has 218 valence electrons. The zero-order chi connectivity index (χ0) is 29.9. The summed E-state index contributed by atoms with van der Waals surface area (Å²) in [7, 11) is 0. The molecule has 0 N–H and O–H groups in total. The molecule has 0 radical (unpaired) electrons. The first kappa shape index (κ1) is 34.8. The van der Waals surface area contributed by atoms with Crippen molar-refractivity contribution in [3.05, 3.63) is 119 Å². The minimum absolute atomic E-state index is 0. The van der Waals surface area contributed by atoms with Gasteiger partial charge in [-0.05, 0) is 66.2 Å². The molecule has 0 aliphatic rings. The number of benzene rings is 4. The molecule has 0 saturated carbocycles. The predicted molar refractivity (Wildman–Crippen MR) is 179 cm³/mol. The van der Waals surface area contributed by atoms with Crippen LogP contribution < -0.4 is 0 Å². The number of hydrogen-bond donors (Lipinski definition) is 0. The van der Waals surface area contributed by atoms with Crippen molar-refractivity contribution in [1.29, 1.82) is 0 Å². The van der Waals surface area contributed by atoms with Crippen LogP contribution in [0.25, 0.3) is 22.3 Å². The van der Waals surface area contributed by atoms with Crippen molar-refractivity contribution in [2.75, 3.05) is 0 Å². The molecule has 4 aromatic carbocycles. The van der Waals surface area contributed by atoms with Gasteiger partial charge in [0.2, 0.25) is 0 Å². The van der Waals surface area contributed by atoms with Gasteiger partial charge in [0.1, 0.15) is 0 Å². The van der Waals surface area contributed by atoms with Gasteiger partial charge in [0.15, 0.2) is 0 Å². The van der Waals surface area contributed by atoms with E-state index in [0.717, 1.165) is 0 Å². The standard InChI is InChI=1S/2C20H26.W/c1-19(2,3)17-11-7-15(8-12-17)16-9-13-18(14-10-16)20(4,5)6;1-19(2,3)17-11-7-9-15(13-17)16-10-8-12-18(14-16)20(4,5)6;/h2*7-14H,1-6H3;. The molecule has 4 aromatic rings. The van der Waals surface area contributed by atoms with Crippen LogP contribution in [0.3, 0.4) is 0 Å². The Balaban J connectivity index is 0.000000280. The van der Waals surface area contributed by atoms with E-state index in [4.69, 9.17) is 0 Å². The molecule has 0 atom stereocenters. The third-order valence-electron chi connectivity index (χ3n) is 7.63. The van der Waals surface area contributed by atoms with Crippen LogP contribution in [-0.4, -0.2) is 0 Å².